The Labute approximate surface area is 182 Å². The van der Waals surface area contributed by atoms with Crippen LogP contribution in [0.15, 0.2) is 82.0 Å². The van der Waals surface area contributed by atoms with Crippen LogP contribution in [-0.2, 0) is 6.42 Å². The highest BCUT2D eigenvalue weighted by Gasteiger charge is 2.43. The van der Waals surface area contributed by atoms with Gasteiger partial charge in [0.15, 0.2) is 5.43 Å². The third-order valence-electron chi connectivity index (χ3n) is 5.61. The monoisotopic (exact) mass is 433 g/mol. The van der Waals surface area contributed by atoms with Crippen LogP contribution in [0.5, 0.6) is 0 Å². The molecular weight excluding hydrogens is 417 g/mol. The minimum Gasteiger partial charge on any atom is -0.450 e. The van der Waals surface area contributed by atoms with Crippen molar-refractivity contribution in [2.75, 3.05) is 6.54 Å². The van der Waals surface area contributed by atoms with Crippen molar-refractivity contribution in [3.8, 4) is 0 Å². The molecule has 4 aromatic rings. The molecule has 0 spiro atoms. The van der Waals surface area contributed by atoms with Gasteiger partial charge in [0, 0.05) is 17.1 Å². The minimum absolute atomic E-state index is 0.0406. The summed E-state index contributed by atoms with van der Waals surface area (Å²) in [6.45, 7) is 0.308. The number of carbonyl (C=O) groups is 1. The highest BCUT2D eigenvalue weighted by molar-refractivity contribution is 6.31. The van der Waals surface area contributed by atoms with E-state index in [0.717, 1.165) is 5.56 Å². The topological polar surface area (TPSA) is 50.5 Å². The molecule has 1 unspecified atom stereocenters. The van der Waals surface area contributed by atoms with Crippen molar-refractivity contribution < 1.29 is 13.6 Å². The van der Waals surface area contributed by atoms with E-state index in [9.17, 15) is 14.0 Å². The first kappa shape index (κ1) is 19.5. The minimum atomic E-state index is -0.868. The van der Waals surface area contributed by atoms with E-state index in [1.165, 1.54) is 17.0 Å². The van der Waals surface area contributed by atoms with E-state index in [-0.39, 0.29) is 33.3 Å². The van der Waals surface area contributed by atoms with Gasteiger partial charge in [-0.2, -0.15) is 0 Å². The number of hydrogen-bond donors (Lipinski definition) is 0. The molecule has 6 heteroatoms. The fourth-order valence-electron chi connectivity index (χ4n) is 4.14. The Kier molecular flexibility index (Phi) is 4.83. The van der Waals surface area contributed by atoms with Crippen molar-refractivity contribution in [1.82, 2.24) is 4.90 Å². The van der Waals surface area contributed by atoms with Crippen LogP contribution in [0, 0.1) is 5.82 Å². The summed E-state index contributed by atoms with van der Waals surface area (Å²) >= 11 is 6.08. The molecule has 4 nitrogen and oxygen atoms in total. The lowest BCUT2D eigenvalue weighted by atomic mass is 9.98. The lowest BCUT2D eigenvalue weighted by molar-refractivity contribution is 0.0728. The summed E-state index contributed by atoms with van der Waals surface area (Å²) < 4.78 is 20.7. The number of rotatable bonds is 4. The molecule has 0 bridgehead atoms. The molecule has 1 aliphatic heterocycles. The van der Waals surface area contributed by atoms with Gasteiger partial charge in [0.05, 0.1) is 17.0 Å². The van der Waals surface area contributed by atoms with E-state index in [4.69, 9.17) is 16.0 Å². The maximum atomic E-state index is 14.8. The molecule has 31 heavy (non-hydrogen) atoms. The van der Waals surface area contributed by atoms with E-state index in [1.807, 2.05) is 30.3 Å². The first-order valence-electron chi connectivity index (χ1n) is 9.90. The molecule has 5 rings (SSSR count). The number of halogens is 2. The molecule has 3 aromatic carbocycles. The summed E-state index contributed by atoms with van der Waals surface area (Å²) in [6.07, 6.45) is 0.561. The average Bonchev–Trinajstić information content (AvgIpc) is 3.06. The van der Waals surface area contributed by atoms with Crippen molar-refractivity contribution in [2.45, 2.75) is 12.5 Å². The van der Waals surface area contributed by atoms with Gasteiger partial charge in [0.2, 0.25) is 5.76 Å². The Morgan fingerprint density at radius 3 is 2.48 bits per heavy atom. The predicted molar refractivity (Wildman–Crippen MR) is 117 cm³/mol. The standard InChI is InChI=1S/C25H17ClFNO3/c26-16-10-11-20-18(14-16)23(29)21-22(17-8-4-5-9-19(17)27)28(25(30)24(21)31-20)13-12-15-6-2-1-3-7-15/h1-11,14,22H,12-13H2. The molecule has 0 aliphatic carbocycles. The fraction of sp³-hybridized carbons (Fsp3) is 0.120. The normalized spacial score (nSPS) is 15.5. The van der Waals surface area contributed by atoms with Crippen molar-refractivity contribution in [2.24, 2.45) is 0 Å². The van der Waals surface area contributed by atoms with E-state index >= 15 is 0 Å². The molecule has 1 aromatic heterocycles. The predicted octanol–water partition coefficient (Wildman–Crippen LogP) is 5.37. The fourth-order valence-corrected chi connectivity index (χ4v) is 4.31. The second-order valence-electron chi connectivity index (χ2n) is 7.47. The molecule has 0 N–H and O–H groups in total. The van der Waals surface area contributed by atoms with Crippen molar-refractivity contribution in [3.63, 3.8) is 0 Å². The molecule has 0 saturated carbocycles. The first-order chi connectivity index (χ1) is 15.0. The number of benzene rings is 3. The van der Waals surface area contributed by atoms with Gasteiger partial charge in [-0.05, 0) is 36.2 Å². The number of nitrogens with zero attached hydrogens (tertiary/aromatic N) is 1. The molecule has 0 fully saturated rings. The van der Waals surface area contributed by atoms with Crippen molar-refractivity contribution >= 4 is 28.5 Å². The van der Waals surface area contributed by atoms with E-state index < -0.39 is 17.8 Å². The van der Waals surface area contributed by atoms with Gasteiger partial charge in [-0.3, -0.25) is 9.59 Å². The summed E-state index contributed by atoms with van der Waals surface area (Å²) in [4.78, 5) is 28.2. The Balaban J connectivity index is 1.68. The molecule has 0 saturated heterocycles. The van der Waals surface area contributed by atoms with Crippen LogP contribution in [0.3, 0.4) is 0 Å². The molecule has 0 radical (unpaired) electrons. The lowest BCUT2D eigenvalue weighted by Gasteiger charge is -2.25. The highest BCUT2D eigenvalue weighted by Crippen LogP contribution is 2.39. The van der Waals surface area contributed by atoms with E-state index in [2.05, 4.69) is 0 Å². The Morgan fingerprint density at radius 2 is 1.71 bits per heavy atom. The zero-order chi connectivity index (χ0) is 21.5. The smallest absolute Gasteiger partial charge is 0.290 e. The Morgan fingerprint density at radius 1 is 0.968 bits per heavy atom. The summed E-state index contributed by atoms with van der Waals surface area (Å²) in [6, 6.07) is 19.7. The van der Waals surface area contributed by atoms with E-state index in [1.54, 1.807) is 30.3 Å². The first-order valence-corrected chi connectivity index (χ1v) is 10.3. The third-order valence-corrected chi connectivity index (χ3v) is 5.85. The number of carbonyl (C=O) groups excluding carboxylic acids is 1. The Bertz CT molecular complexity index is 1370. The molecule has 1 amide bonds. The van der Waals surface area contributed by atoms with Gasteiger partial charge in [-0.15, -0.1) is 0 Å². The third kappa shape index (κ3) is 3.31. The van der Waals surface area contributed by atoms with E-state index in [0.29, 0.717) is 18.0 Å². The SMILES string of the molecule is O=C1c2oc3ccc(Cl)cc3c(=O)c2C(c2ccccc2F)N1CCc1ccccc1. The van der Waals surface area contributed by atoms with Crippen molar-refractivity contribution in [1.29, 1.82) is 0 Å². The lowest BCUT2D eigenvalue weighted by Crippen LogP contribution is -2.32. The zero-order valence-electron chi connectivity index (χ0n) is 16.3. The maximum absolute atomic E-state index is 14.8. The summed E-state index contributed by atoms with van der Waals surface area (Å²) in [7, 11) is 0. The molecule has 1 aliphatic rings. The van der Waals surface area contributed by atoms with Crippen LogP contribution in [0.25, 0.3) is 11.0 Å². The van der Waals surface area contributed by atoms with Gasteiger partial charge in [-0.1, -0.05) is 60.1 Å². The summed E-state index contributed by atoms with van der Waals surface area (Å²) in [5.74, 6) is -0.947. The van der Waals surface area contributed by atoms with Crippen molar-refractivity contribution in [3.05, 3.63) is 116 Å². The number of amides is 1. The highest BCUT2D eigenvalue weighted by atomic mass is 35.5. The van der Waals surface area contributed by atoms with Crippen LogP contribution < -0.4 is 5.43 Å². The summed E-state index contributed by atoms with van der Waals surface area (Å²) in [5, 5.41) is 0.651. The second-order valence-corrected chi connectivity index (χ2v) is 7.91. The molecule has 154 valence electrons. The molecule has 1 atom stereocenters. The second kappa shape index (κ2) is 7.67. The van der Waals surface area contributed by atoms with Gasteiger partial charge < -0.3 is 9.32 Å². The number of fused-ring (bicyclic) bond motifs is 2. The number of hydrogen-bond acceptors (Lipinski definition) is 3. The molecule has 2 heterocycles. The maximum Gasteiger partial charge on any atom is 0.290 e. The van der Waals surface area contributed by atoms with Gasteiger partial charge in [-0.25, -0.2) is 4.39 Å². The average molecular weight is 434 g/mol. The van der Waals surface area contributed by atoms with Gasteiger partial charge in [0.25, 0.3) is 5.91 Å². The largest absolute Gasteiger partial charge is 0.450 e. The van der Waals surface area contributed by atoms with Crippen LogP contribution in [0.2, 0.25) is 5.02 Å². The van der Waals surface area contributed by atoms with Gasteiger partial charge >= 0.3 is 0 Å². The Hall–Kier alpha value is -3.44. The van der Waals surface area contributed by atoms with Crippen LogP contribution in [-0.4, -0.2) is 17.4 Å². The van der Waals surface area contributed by atoms with Crippen LogP contribution in [0.1, 0.15) is 33.3 Å². The zero-order valence-corrected chi connectivity index (χ0v) is 17.1. The van der Waals surface area contributed by atoms with Crippen LogP contribution in [0.4, 0.5) is 4.39 Å². The quantitative estimate of drug-likeness (QED) is 0.434. The van der Waals surface area contributed by atoms with Gasteiger partial charge in [0.1, 0.15) is 11.4 Å². The summed E-state index contributed by atoms with van der Waals surface area (Å²) in [5.41, 5.74) is 1.35. The molecular formula is C25H17ClFNO3. The van der Waals surface area contributed by atoms with Crippen LogP contribution >= 0.6 is 11.6 Å².